The van der Waals surface area contributed by atoms with Gasteiger partial charge in [-0.25, -0.2) is 12.8 Å². The standard InChI is InChI=1S/C17H18ClFN2O2S/c1-13-12-16(6-7-17(13)18)24(22,23)21-10-8-20(9-11-21)15-4-2-14(19)3-5-15/h2-7,12H,8-11H2,1H3. The van der Waals surface area contributed by atoms with Crippen LogP contribution < -0.4 is 4.90 Å². The lowest BCUT2D eigenvalue weighted by Crippen LogP contribution is -2.48. The van der Waals surface area contributed by atoms with Crippen LogP contribution in [0.4, 0.5) is 10.1 Å². The molecule has 1 heterocycles. The first-order chi connectivity index (χ1) is 11.4. The van der Waals surface area contributed by atoms with E-state index in [-0.39, 0.29) is 10.7 Å². The van der Waals surface area contributed by atoms with E-state index in [1.165, 1.54) is 22.5 Å². The number of hydrogen-bond acceptors (Lipinski definition) is 3. The van der Waals surface area contributed by atoms with Crippen LogP contribution in [0.25, 0.3) is 0 Å². The summed E-state index contributed by atoms with van der Waals surface area (Å²) in [6.45, 7) is 3.70. The molecular weight excluding hydrogens is 351 g/mol. The molecule has 24 heavy (non-hydrogen) atoms. The SMILES string of the molecule is Cc1cc(S(=O)(=O)N2CCN(c3ccc(F)cc3)CC2)ccc1Cl. The molecule has 2 aromatic carbocycles. The molecule has 2 aromatic rings. The monoisotopic (exact) mass is 368 g/mol. The molecule has 1 aliphatic rings. The summed E-state index contributed by atoms with van der Waals surface area (Å²) in [7, 11) is -3.53. The van der Waals surface area contributed by atoms with Crippen molar-refractivity contribution in [2.45, 2.75) is 11.8 Å². The molecule has 0 aromatic heterocycles. The van der Waals surface area contributed by atoms with Crippen LogP contribution in [0.2, 0.25) is 5.02 Å². The van der Waals surface area contributed by atoms with Gasteiger partial charge in [0.2, 0.25) is 10.0 Å². The molecule has 4 nitrogen and oxygen atoms in total. The fraction of sp³-hybridized carbons (Fsp3) is 0.294. The molecule has 128 valence electrons. The molecule has 1 saturated heterocycles. The summed E-state index contributed by atoms with van der Waals surface area (Å²) in [5.41, 5.74) is 1.64. The van der Waals surface area contributed by atoms with Gasteiger partial charge in [-0.05, 0) is 55.0 Å². The first-order valence-corrected chi connectivity index (χ1v) is 9.46. The predicted molar refractivity (Wildman–Crippen MR) is 93.6 cm³/mol. The van der Waals surface area contributed by atoms with Gasteiger partial charge in [-0.2, -0.15) is 4.31 Å². The van der Waals surface area contributed by atoms with Crippen LogP contribution in [-0.2, 0) is 10.0 Å². The normalized spacial score (nSPS) is 16.4. The van der Waals surface area contributed by atoms with Gasteiger partial charge in [-0.15, -0.1) is 0 Å². The molecule has 0 radical (unpaired) electrons. The van der Waals surface area contributed by atoms with Gasteiger partial charge in [0, 0.05) is 36.9 Å². The van der Waals surface area contributed by atoms with Crippen molar-refractivity contribution < 1.29 is 12.8 Å². The molecule has 0 spiro atoms. The number of anilines is 1. The summed E-state index contributed by atoms with van der Waals surface area (Å²) in [6, 6.07) is 11.0. The minimum atomic E-state index is -3.53. The van der Waals surface area contributed by atoms with E-state index in [0.29, 0.717) is 31.2 Å². The Morgan fingerprint density at radius 3 is 2.21 bits per heavy atom. The Kier molecular flexibility index (Phi) is 4.80. The lowest BCUT2D eigenvalue weighted by Gasteiger charge is -2.35. The maximum absolute atomic E-state index is 13.0. The highest BCUT2D eigenvalue weighted by Crippen LogP contribution is 2.24. The number of sulfonamides is 1. The molecule has 7 heteroatoms. The first-order valence-electron chi connectivity index (χ1n) is 7.65. The Hall–Kier alpha value is -1.63. The maximum Gasteiger partial charge on any atom is 0.243 e. The summed E-state index contributed by atoms with van der Waals surface area (Å²) >= 11 is 5.97. The predicted octanol–water partition coefficient (Wildman–Crippen LogP) is 3.30. The minimum Gasteiger partial charge on any atom is -0.369 e. The van der Waals surface area contributed by atoms with E-state index in [1.807, 2.05) is 0 Å². The third-order valence-electron chi connectivity index (χ3n) is 4.20. The first kappa shape index (κ1) is 17.2. The van der Waals surface area contributed by atoms with Crippen molar-refractivity contribution in [3.63, 3.8) is 0 Å². The highest BCUT2D eigenvalue weighted by molar-refractivity contribution is 7.89. The molecular formula is C17H18ClFN2O2S. The van der Waals surface area contributed by atoms with Gasteiger partial charge in [0.1, 0.15) is 5.82 Å². The van der Waals surface area contributed by atoms with Gasteiger partial charge in [0.15, 0.2) is 0 Å². The van der Waals surface area contributed by atoms with Crippen LogP contribution in [0.5, 0.6) is 0 Å². The smallest absolute Gasteiger partial charge is 0.243 e. The molecule has 0 unspecified atom stereocenters. The summed E-state index contributed by atoms with van der Waals surface area (Å²) in [5.74, 6) is -0.280. The second-order valence-electron chi connectivity index (χ2n) is 5.78. The van der Waals surface area contributed by atoms with Gasteiger partial charge in [-0.1, -0.05) is 11.6 Å². The minimum absolute atomic E-state index is 0.264. The Morgan fingerprint density at radius 1 is 1.00 bits per heavy atom. The Balaban J connectivity index is 1.73. The quantitative estimate of drug-likeness (QED) is 0.834. The van der Waals surface area contributed by atoms with Crippen LogP contribution in [0.1, 0.15) is 5.56 Å². The third kappa shape index (κ3) is 3.41. The van der Waals surface area contributed by atoms with Crippen molar-refractivity contribution >= 4 is 27.3 Å². The van der Waals surface area contributed by atoms with Crippen LogP contribution in [0, 0.1) is 12.7 Å². The van der Waals surface area contributed by atoms with E-state index in [4.69, 9.17) is 11.6 Å². The summed E-state index contributed by atoms with van der Waals surface area (Å²) < 4.78 is 40.0. The zero-order valence-electron chi connectivity index (χ0n) is 13.2. The van der Waals surface area contributed by atoms with E-state index in [9.17, 15) is 12.8 Å². The van der Waals surface area contributed by atoms with E-state index in [1.54, 1.807) is 31.2 Å². The molecule has 1 aliphatic heterocycles. The lowest BCUT2D eigenvalue weighted by atomic mass is 10.2. The third-order valence-corrected chi connectivity index (χ3v) is 6.52. The highest BCUT2D eigenvalue weighted by atomic mass is 35.5. The zero-order chi connectivity index (χ0) is 17.3. The lowest BCUT2D eigenvalue weighted by molar-refractivity contribution is 0.385. The average Bonchev–Trinajstić information content (AvgIpc) is 2.58. The van der Waals surface area contributed by atoms with Crippen molar-refractivity contribution in [3.05, 3.63) is 58.9 Å². The van der Waals surface area contributed by atoms with Crippen molar-refractivity contribution in [2.75, 3.05) is 31.1 Å². The van der Waals surface area contributed by atoms with Crippen molar-refractivity contribution in [1.29, 1.82) is 0 Å². The number of benzene rings is 2. The van der Waals surface area contributed by atoms with Crippen molar-refractivity contribution in [3.8, 4) is 0 Å². The van der Waals surface area contributed by atoms with Crippen LogP contribution in [0.3, 0.4) is 0 Å². The fourth-order valence-corrected chi connectivity index (χ4v) is 4.39. The Bertz CT molecular complexity index is 832. The van der Waals surface area contributed by atoms with E-state index in [0.717, 1.165) is 11.3 Å². The van der Waals surface area contributed by atoms with Crippen molar-refractivity contribution in [2.24, 2.45) is 0 Å². The van der Waals surface area contributed by atoms with Gasteiger partial charge >= 0.3 is 0 Å². The molecule has 0 atom stereocenters. The number of nitrogens with zero attached hydrogens (tertiary/aromatic N) is 2. The van der Waals surface area contributed by atoms with E-state index >= 15 is 0 Å². The largest absolute Gasteiger partial charge is 0.369 e. The molecule has 3 rings (SSSR count). The molecule has 0 aliphatic carbocycles. The van der Waals surface area contributed by atoms with Gasteiger partial charge in [0.05, 0.1) is 4.90 Å². The number of piperazine rings is 1. The van der Waals surface area contributed by atoms with Crippen LogP contribution in [-0.4, -0.2) is 38.9 Å². The van der Waals surface area contributed by atoms with E-state index in [2.05, 4.69) is 4.90 Å². The summed E-state index contributed by atoms with van der Waals surface area (Å²) in [6.07, 6.45) is 0. The fourth-order valence-electron chi connectivity index (χ4n) is 2.77. The number of hydrogen-bond donors (Lipinski definition) is 0. The number of aryl methyl sites for hydroxylation is 1. The summed E-state index contributed by atoms with van der Waals surface area (Å²) in [4.78, 5) is 2.32. The molecule has 0 saturated carbocycles. The molecule has 0 bridgehead atoms. The van der Waals surface area contributed by atoms with Crippen LogP contribution in [0.15, 0.2) is 47.4 Å². The van der Waals surface area contributed by atoms with E-state index < -0.39 is 10.0 Å². The topological polar surface area (TPSA) is 40.6 Å². The summed E-state index contributed by atoms with van der Waals surface area (Å²) in [5, 5.41) is 0.551. The van der Waals surface area contributed by atoms with Crippen molar-refractivity contribution in [1.82, 2.24) is 4.31 Å². The maximum atomic E-state index is 13.0. The number of halogens is 2. The molecule has 0 N–H and O–H groups in total. The number of rotatable bonds is 3. The average molecular weight is 369 g/mol. The van der Waals surface area contributed by atoms with Gasteiger partial charge in [0.25, 0.3) is 0 Å². The second-order valence-corrected chi connectivity index (χ2v) is 8.12. The Labute approximate surface area is 146 Å². The zero-order valence-corrected chi connectivity index (χ0v) is 14.8. The second kappa shape index (κ2) is 6.70. The van der Waals surface area contributed by atoms with Crippen LogP contribution >= 0.6 is 11.6 Å². The molecule has 0 amide bonds. The Morgan fingerprint density at radius 2 is 1.62 bits per heavy atom. The van der Waals surface area contributed by atoms with Gasteiger partial charge < -0.3 is 4.90 Å². The molecule has 1 fully saturated rings. The van der Waals surface area contributed by atoms with Gasteiger partial charge in [-0.3, -0.25) is 0 Å². The highest BCUT2D eigenvalue weighted by Gasteiger charge is 2.28.